The largest absolute Gasteiger partial charge is 0.465 e. The summed E-state index contributed by atoms with van der Waals surface area (Å²) in [4.78, 5) is 11.5. The molecule has 124 valence electrons. The van der Waals surface area contributed by atoms with E-state index in [1.54, 1.807) is 0 Å². The third-order valence-electron chi connectivity index (χ3n) is 3.35. The van der Waals surface area contributed by atoms with Gasteiger partial charge in [-0.2, -0.15) is 26.0 Å². The smallest absolute Gasteiger partial charge is 0.431 e. The second-order valence-corrected chi connectivity index (χ2v) is 6.41. The normalized spacial score (nSPS) is 18.5. The van der Waals surface area contributed by atoms with Crippen LogP contribution in [0.3, 0.4) is 0 Å². The first-order valence-corrected chi connectivity index (χ1v) is 7.82. The Labute approximate surface area is 119 Å². The van der Waals surface area contributed by atoms with Crippen molar-refractivity contribution in [1.82, 2.24) is 0 Å². The van der Waals surface area contributed by atoms with Crippen LogP contribution >= 0.6 is 0 Å². The molecule has 1 aliphatic rings. The van der Waals surface area contributed by atoms with Crippen LogP contribution in [0.5, 0.6) is 0 Å². The highest BCUT2D eigenvalue weighted by Gasteiger charge is 2.65. The van der Waals surface area contributed by atoms with Crippen LogP contribution < -0.4 is 0 Å². The highest BCUT2D eigenvalue weighted by molar-refractivity contribution is 7.87. The number of carbonyl (C=O) groups is 1. The Morgan fingerprint density at radius 1 is 1.14 bits per heavy atom. The maximum absolute atomic E-state index is 13.1. The lowest BCUT2D eigenvalue weighted by molar-refractivity contribution is -0.176. The minimum atomic E-state index is -6.26. The fourth-order valence-corrected chi connectivity index (χ4v) is 2.55. The fourth-order valence-electron chi connectivity index (χ4n) is 2.07. The zero-order valence-corrected chi connectivity index (χ0v) is 11.8. The molecule has 0 aliphatic heterocycles. The second kappa shape index (κ2) is 6.47. The van der Waals surface area contributed by atoms with Gasteiger partial charge in [0.1, 0.15) is 0 Å². The highest BCUT2D eigenvalue weighted by atomic mass is 32.2. The minimum Gasteiger partial charge on any atom is -0.465 e. The summed E-state index contributed by atoms with van der Waals surface area (Å²) < 4.78 is 85.1. The minimum absolute atomic E-state index is 0.436. The van der Waals surface area contributed by atoms with Crippen molar-refractivity contribution >= 4 is 16.1 Å². The predicted octanol–water partition coefficient (Wildman–Crippen LogP) is 2.62. The molecule has 1 fully saturated rings. The Hall–Kier alpha value is -0.900. The van der Waals surface area contributed by atoms with Crippen molar-refractivity contribution in [1.29, 1.82) is 0 Å². The van der Waals surface area contributed by atoms with Gasteiger partial charge in [0, 0.05) is 0 Å². The SMILES string of the molecule is O=C(OCCC(F)(F)C(F)(F)S(=O)(=O)O)C1CCCCC1. The summed E-state index contributed by atoms with van der Waals surface area (Å²) in [5, 5.41) is -5.63. The van der Waals surface area contributed by atoms with Crippen molar-refractivity contribution < 1.29 is 40.1 Å². The van der Waals surface area contributed by atoms with Gasteiger partial charge < -0.3 is 4.74 Å². The summed E-state index contributed by atoms with van der Waals surface area (Å²) in [5.41, 5.74) is 0. The van der Waals surface area contributed by atoms with Crippen molar-refractivity contribution in [3.8, 4) is 0 Å². The number of hydrogen-bond acceptors (Lipinski definition) is 4. The van der Waals surface area contributed by atoms with Crippen LogP contribution in [0.4, 0.5) is 17.6 Å². The first-order valence-electron chi connectivity index (χ1n) is 6.38. The van der Waals surface area contributed by atoms with Gasteiger partial charge in [0.2, 0.25) is 0 Å². The van der Waals surface area contributed by atoms with E-state index in [0.29, 0.717) is 12.8 Å². The molecule has 0 aromatic heterocycles. The third kappa shape index (κ3) is 4.29. The zero-order valence-electron chi connectivity index (χ0n) is 11.0. The van der Waals surface area contributed by atoms with E-state index in [4.69, 9.17) is 4.55 Å². The van der Waals surface area contributed by atoms with E-state index in [1.807, 2.05) is 0 Å². The number of carbonyl (C=O) groups excluding carboxylic acids is 1. The summed E-state index contributed by atoms with van der Waals surface area (Å²) in [6.45, 7) is -1.05. The van der Waals surface area contributed by atoms with Gasteiger partial charge in [0.05, 0.1) is 18.9 Å². The molecule has 0 atom stereocenters. The summed E-state index contributed by atoms with van der Waals surface area (Å²) in [5.74, 6) is -6.22. The number of halogens is 4. The summed E-state index contributed by atoms with van der Waals surface area (Å²) >= 11 is 0. The van der Waals surface area contributed by atoms with Gasteiger partial charge in [0.15, 0.2) is 0 Å². The number of alkyl halides is 4. The molecule has 1 aliphatic carbocycles. The maximum Gasteiger partial charge on any atom is 0.431 e. The number of esters is 1. The third-order valence-corrected chi connectivity index (χ3v) is 4.30. The lowest BCUT2D eigenvalue weighted by atomic mass is 9.89. The van der Waals surface area contributed by atoms with Gasteiger partial charge in [0.25, 0.3) is 0 Å². The van der Waals surface area contributed by atoms with E-state index < -0.39 is 46.2 Å². The number of ether oxygens (including phenoxy) is 1. The van der Waals surface area contributed by atoms with Gasteiger partial charge >= 0.3 is 27.3 Å². The Morgan fingerprint density at radius 3 is 2.14 bits per heavy atom. The van der Waals surface area contributed by atoms with Gasteiger partial charge in [-0.15, -0.1) is 0 Å². The summed E-state index contributed by atoms with van der Waals surface area (Å²) in [6.07, 6.45) is 1.97. The quantitative estimate of drug-likeness (QED) is 0.458. The van der Waals surface area contributed by atoms with Crippen LogP contribution in [0.25, 0.3) is 0 Å². The summed E-state index contributed by atoms with van der Waals surface area (Å²) in [6, 6.07) is 0. The molecule has 0 aromatic carbocycles. The molecule has 21 heavy (non-hydrogen) atoms. The van der Waals surface area contributed by atoms with Crippen LogP contribution in [-0.2, 0) is 19.6 Å². The molecule has 0 saturated heterocycles. The molecule has 0 spiro atoms. The Morgan fingerprint density at radius 2 is 1.67 bits per heavy atom. The molecule has 0 unspecified atom stereocenters. The van der Waals surface area contributed by atoms with Crippen LogP contribution in [0.1, 0.15) is 38.5 Å². The highest BCUT2D eigenvalue weighted by Crippen LogP contribution is 2.40. The van der Waals surface area contributed by atoms with E-state index in [9.17, 15) is 30.8 Å². The first-order chi connectivity index (χ1) is 9.49. The molecule has 0 radical (unpaired) electrons. The molecule has 0 heterocycles. The average Bonchev–Trinajstić information content (AvgIpc) is 2.38. The molecular formula is C11H16F4O5S. The van der Waals surface area contributed by atoms with Crippen LogP contribution in [-0.4, -0.2) is 36.7 Å². The second-order valence-electron chi connectivity index (χ2n) is 4.95. The van der Waals surface area contributed by atoms with Crippen molar-refractivity contribution in [3.63, 3.8) is 0 Å². The van der Waals surface area contributed by atoms with Crippen LogP contribution in [0.2, 0.25) is 0 Å². The average molecular weight is 336 g/mol. The van der Waals surface area contributed by atoms with E-state index in [1.165, 1.54) is 0 Å². The Balaban J connectivity index is 2.52. The first kappa shape index (κ1) is 18.1. The molecule has 0 bridgehead atoms. The van der Waals surface area contributed by atoms with Gasteiger partial charge in [-0.05, 0) is 12.8 Å². The Bertz CT molecular complexity index is 471. The fraction of sp³-hybridized carbons (Fsp3) is 0.909. The maximum atomic E-state index is 13.1. The molecular weight excluding hydrogens is 320 g/mol. The topological polar surface area (TPSA) is 80.7 Å². The molecule has 1 rings (SSSR count). The lowest BCUT2D eigenvalue weighted by Crippen LogP contribution is -2.47. The predicted molar refractivity (Wildman–Crippen MR) is 63.6 cm³/mol. The monoisotopic (exact) mass is 336 g/mol. The van der Waals surface area contributed by atoms with Crippen LogP contribution in [0, 0.1) is 5.92 Å². The molecule has 0 amide bonds. The molecule has 0 aromatic rings. The van der Waals surface area contributed by atoms with Gasteiger partial charge in [-0.3, -0.25) is 9.35 Å². The molecule has 1 N–H and O–H groups in total. The van der Waals surface area contributed by atoms with Gasteiger partial charge in [-0.1, -0.05) is 19.3 Å². The number of rotatable bonds is 6. The molecule has 5 nitrogen and oxygen atoms in total. The van der Waals surface area contributed by atoms with Crippen molar-refractivity contribution in [3.05, 3.63) is 0 Å². The molecule has 1 saturated carbocycles. The zero-order chi connectivity index (χ0) is 16.3. The van der Waals surface area contributed by atoms with Crippen molar-refractivity contribution in [2.75, 3.05) is 6.61 Å². The van der Waals surface area contributed by atoms with Crippen molar-refractivity contribution in [2.24, 2.45) is 5.92 Å². The van der Waals surface area contributed by atoms with Crippen molar-refractivity contribution in [2.45, 2.75) is 49.7 Å². The standard InChI is InChI=1S/C11H16F4O5S/c12-10(13,11(14,15)21(17,18)19)6-7-20-9(16)8-4-2-1-3-5-8/h8H,1-7H2,(H,17,18,19). The van der Waals surface area contributed by atoms with E-state index >= 15 is 0 Å². The van der Waals surface area contributed by atoms with E-state index in [-0.39, 0.29) is 0 Å². The van der Waals surface area contributed by atoms with Crippen LogP contribution in [0.15, 0.2) is 0 Å². The lowest BCUT2D eigenvalue weighted by Gasteiger charge is -2.24. The van der Waals surface area contributed by atoms with Gasteiger partial charge in [-0.25, -0.2) is 0 Å². The molecule has 10 heteroatoms. The Kier molecular flexibility index (Phi) is 5.59. The van der Waals surface area contributed by atoms with E-state index in [0.717, 1.165) is 19.3 Å². The summed E-state index contributed by atoms with van der Waals surface area (Å²) in [7, 11) is -6.26. The van der Waals surface area contributed by atoms with E-state index in [2.05, 4.69) is 4.74 Å². The number of hydrogen-bond donors (Lipinski definition) is 1.